The van der Waals surface area contributed by atoms with E-state index in [-0.39, 0.29) is 0 Å². The summed E-state index contributed by atoms with van der Waals surface area (Å²) in [6.07, 6.45) is 1.11. The molecule has 0 aliphatic rings. The number of nitriles is 1. The van der Waals surface area contributed by atoms with Crippen LogP contribution in [0.1, 0.15) is 34.1 Å². The van der Waals surface area contributed by atoms with Crippen molar-refractivity contribution in [3.8, 4) is 6.07 Å². The molecule has 0 unspecified atom stereocenters. The zero-order valence-corrected chi connectivity index (χ0v) is 9.02. The van der Waals surface area contributed by atoms with Gasteiger partial charge in [-0.3, -0.25) is 0 Å². The molecule has 0 aromatic heterocycles. The Morgan fingerprint density at radius 3 is 1.77 bits per heavy atom. The first-order valence-corrected chi connectivity index (χ1v) is 4.19. The van der Waals surface area contributed by atoms with Crippen LogP contribution in [-0.4, -0.2) is 5.71 Å². The Morgan fingerprint density at radius 2 is 1.69 bits per heavy atom. The molecule has 0 heterocycles. The second-order valence-electron chi connectivity index (χ2n) is 2.85. The quantitative estimate of drug-likeness (QED) is 0.471. The minimum absolute atomic E-state index is 0.456. The van der Waals surface area contributed by atoms with Crippen molar-refractivity contribution in [2.45, 2.75) is 34.1 Å². The number of aliphatic imine (C=N–C) groups is 1. The van der Waals surface area contributed by atoms with Gasteiger partial charge in [0.15, 0.2) is 0 Å². The normalized spacial score (nSPS) is 9.31. The maximum Gasteiger partial charge on any atom is 0.115 e. The van der Waals surface area contributed by atoms with Crippen LogP contribution >= 0.6 is 0 Å². The summed E-state index contributed by atoms with van der Waals surface area (Å²) in [5.41, 5.74) is 2.38. The van der Waals surface area contributed by atoms with Crippen molar-refractivity contribution in [3.05, 3.63) is 24.4 Å². The molecule has 0 aliphatic carbocycles. The lowest BCUT2D eigenvalue weighted by Crippen LogP contribution is -1.82. The molecule has 0 rings (SSSR count). The number of nitrogens with zero attached hydrogens (tertiary/aromatic N) is 2. The molecule has 0 fully saturated rings. The van der Waals surface area contributed by atoms with Gasteiger partial charge >= 0.3 is 0 Å². The Labute approximate surface area is 81.3 Å². The summed E-state index contributed by atoms with van der Waals surface area (Å²) in [5.74, 6) is 0. The van der Waals surface area contributed by atoms with E-state index < -0.39 is 0 Å². The molecule has 0 aliphatic heterocycles. The third-order valence-electron chi connectivity index (χ3n) is 1.12. The molecule has 0 saturated heterocycles. The molecule has 2 heteroatoms. The minimum atomic E-state index is 0.456. The highest BCUT2D eigenvalue weighted by atomic mass is 14.7. The van der Waals surface area contributed by atoms with Gasteiger partial charge in [-0.2, -0.15) is 5.26 Å². The predicted molar refractivity (Wildman–Crippen MR) is 58.6 cm³/mol. The van der Waals surface area contributed by atoms with Crippen LogP contribution in [0.5, 0.6) is 0 Å². The van der Waals surface area contributed by atoms with Crippen LogP contribution in [0.25, 0.3) is 0 Å². The number of rotatable bonds is 2. The van der Waals surface area contributed by atoms with Gasteiger partial charge in [0.25, 0.3) is 0 Å². The average Bonchev–Trinajstić information content (AvgIpc) is 2.04. The fraction of sp³-hybridized carbons (Fsp3) is 0.455. The van der Waals surface area contributed by atoms with Crippen LogP contribution < -0.4 is 0 Å². The van der Waals surface area contributed by atoms with E-state index in [4.69, 9.17) is 5.26 Å². The van der Waals surface area contributed by atoms with Gasteiger partial charge in [-0.1, -0.05) is 19.1 Å². The maximum atomic E-state index is 8.16. The van der Waals surface area contributed by atoms with Gasteiger partial charge in [0, 0.05) is 5.70 Å². The van der Waals surface area contributed by atoms with Gasteiger partial charge in [-0.25, -0.2) is 4.99 Å². The largest absolute Gasteiger partial charge is 0.248 e. The fourth-order valence-corrected chi connectivity index (χ4v) is 0.311. The third kappa shape index (κ3) is 18.0. The smallest absolute Gasteiger partial charge is 0.115 e. The van der Waals surface area contributed by atoms with E-state index in [1.54, 1.807) is 13.8 Å². The molecule has 0 N–H and O–H groups in total. The first-order chi connectivity index (χ1) is 5.93. The summed E-state index contributed by atoms with van der Waals surface area (Å²) in [6.45, 7) is 14.7. The van der Waals surface area contributed by atoms with Crippen molar-refractivity contribution < 1.29 is 0 Å². The maximum absolute atomic E-state index is 8.16. The monoisotopic (exact) mass is 178 g/mol. The van der Waals surface area contributed by atoms with Crippen molar-refractivity contribution in [1.29, 1.82) is 5.26 Å². The molecule has 2 nitrogen and oxygen atoms in total. The van der Waals surface area contributed by atoms with E-state index in [0.29, 0.717) is 11.4 Å². The Kier molecular flexibility index (Phi) is 9.53. The molecule has 0 radical (unpaired) electrons. The molecule has 0 amide bonds. The standard InChI is InChI=1S/C6H8N2.C5H10/c1-5(2)8-6(3)4-7;1-4-5(2)3/h1H2,2-3H3;2,4H2,1,3H3. The Hall–Kier alpha value is -1.36. The molecule has 0 bridgehead atoms. The van der Waals surface area contributed by atoms with Crippen molar-refractivity contribution in [1.82, 2.24) is 0 Å². The Morgan fingerprint density at radius 1 is 1.31 bits per heavy atom. The SMILES string of the molecule is C=C(C)CC.C=C(C)N=C(C)C#N. The Balaban J connectivity index is 0. The van der Waals surface area contributed by atoms with E-state index >= 15 is 0 Å². The van der Waals surface area contributed by atoms with Crippen molar-refractivity contribution >= 4 is 5.71 Å². The molecule has 0 aromatic rings. The summed E-state index contributed by atoms with van der Waals surface area (Å²) < 4.78 is 0. The first-order valence-electron chi connectivity index (χ1n) is 4.19. The van der Waals surface area contributed by atoms with Gasteiger partial charge in [0.2, 0.25) is 0 Å². The molecule has 0 aromatic carbocycles. The van der Waals surface area contributed by atoms with Crippen LogP contribution in [0.4, 0.5) is 0 Å². The van der Waals surface area contributed by atoms with E-state index in [0.717, 1.165) is 6.42 Å². The average molecular weight is 178 g/mol. The van der Waals surface area contributed by atoms with Crippen molar-refractivity contribution in [2.24, 2.45) is 4.99 Å². The molecule has 0 atom stereocenters. The van der Waals surface area contributed by atoms with Crippen molar-refractivity contribution in [3.63, 3.8) is 0 Å². The Bertz CT molecular complexity index is 241. The molecular formula is C11H18N2. The zero-order chi connectivity index (χ0) is 10.9. The lowest BCUT2D eigenvalue weighted by molar-refractivity contribution is 1.11. The molecule has 72 valence electrons. The van der Waals surface area contributed by atoms with Crippen LogP contribution in [0.15, 0.2) is 29.4 Å². The number of hydrogen-bond donors (Lipinski definition) is 0. The highest BCUT2D eigenvalue weighted by Crippen LogP contribution is 1.89. The molecular weight excluding hydrogens is 160 g/mol. The van der Waals surface area contributed by atoms with E-state index in [1.807, 2.05) is 13.0 Å². The second-order valence-corrected chi connectivity index (χ2v) is 2.85. The fourth-order valence-electron chi connectivity index (χ4n) is 0.311. The highest BCUT2D eigenvalue weighted by Gasteiger charge is 1.81. The first kappa shape index (κ1) is 14.2. The predicted octanol–water partition coefficient (Wildman–Crippen LogP) is 3.48. The van der Waals surface area contributed by atoms with Crippen molar-refractivity contribution in [2.75, 3.05) is 0 Å². The van der Waals surface area contributed by atoms with Crippen LogP contribution in [0.3, 0.4) is 0 Å². The minimum Gasteiger partial charge on any atom is -0.248 e. The summed E-state index contributed by atoms with van der Waals surface area (Å²) in [4.78, 5) is 3.76. The number of allylic oxidation sites excluding steroid dienone is 2. The van der Waals surface area contributed by atoms with E-state index in [1.165, 1.54) is 5.57 Å². The van der Waals surface area contributed by atoms with Gasteiger partial charge in [-0.15, -0.1) is 6.58 Å². The highest BCUT2D eigenvalue weighted by molar-refractivity contribution is 5.96. The molecule has 0 saturated carbocycles. The summed E-state index contributed by atoms with van der Waals surface area (Å²) in [5, 5.41) is 8.16. The number of hydrogen-bond acceptors (Lipinski definition) is 2. The van der Waals surface area contributed by atoms with Gasteiger partial charge in [0.1, 0.15) is 11.8 Å². The zero-order valence-electron chi connectivity index (χ0n) is 9.02. The van der Waals surface area contributed by atoms with Gasteiger partial charge < -0.3 is 0 Å². The van der Waals surface area contributed by atoms with Crippen LogP contribution in [-0.2, 0) is 0 Å². The van der Waals surface area contributed by atoms with E-state index in [2.05, 4.69) is 25.1 Å². The third-order valence-corrected chi connectivity index (χ3v) is 1.12. The molecule has 0 spiro atoms. The summed E-state index contributed by atoms with van der Waals surface area (Å²) in [6, 6.07) is 1.89. The lowest BCUT2D eigenvalue weighted by atomic mass is 10.3. The van der Waals surface area contributed by atoms with Crippen LogP contribution in [0.2, 0.25) is 0 Å². The molecule has 13 heavy (non-hydrogen) atoms. The summed E-state index contributed by atoms with van der Waals surface area (Å²) in [7, 11) is 0. The topological polar surface area (TPSA) is 36.1 Å². The van der Waals surface area contributed by atoms with Gasteiger partial charge in [0.05, 0.1) is 0 Å². The van der Waals surface area contributed by atoms with Crippen LogP contribution in [0, 0.1) is 11.3 Å². The van der Waals surface area contributed by atoms with E-state index in [9.17, 15) is 0 Å². The lowest BCUT2D eigenvalue weighted by Gasteiger charge is -1.83. The second kappa shape index (κ2) is 8.73. The van der Waals surface area contributed by atoms with Gasteiger partial charge in [-0.05, 0) is 27.2 Å². The summed E-state index contributed by atoms with van der Waals surface area (Å²) >= 11 is 0.